The Balaban J connectivity index is 2.46. The number of rotatable bonds is 7. The van der Waals surface area contributed by atoms with Gasteiger partial charge in [-0.1, -0.05) is 18.2 Å². The molecule has 1 aromatic carbocycles. The Bertz CT molecular complexity index is 477. The average Bonchev–Trinajstić information content (AvgIpc) is 2.41. The molecule has 0 saturated heterocycles. The molecule has 1 aromatic rings. The molecule has 0 aliphatic rings. The zero-order chi connectivity index (χ0) is 14.1. The van der Waals surface area contributed by atoms with E-state index < -0.39 is 5.97 Å². The van der Waals surface area contributed by atoms with Crippen LogP contribution in [0.15, 0.2) is 43.0 Å². The lowest BCUT2D eigenvalue weighted by molar-refractivity contribution is -0.131. The molecule has 0 spiro atoms. The van der Waals surface area contributed by atoms with Crippen molar-refractivity contribution in [3.05, 3.63) is 48.6 Å². The SMILES string of the molecule is C=CCNC(=O)COc1ccc(/C=C/C(=O)O)cc1. The predicted molar refractivity (Wildman–Crippen MR) is 71.8 cm³/mol. The van der Waals surface area contributed by atoms with E-state index in [1.807, 2.05) is 0 Å². The average molecular weight is 261 g/mol. The molecule has 1 rings (SSSR count). The van der Waals surface area contributed by atoms with Crippen LogP contribution in [0.5, 0.6) is 5.75 Å². The summed E-state index contributed by atoms with van der Waals surface area (Å²) >= 11 is 0. The van der Waals surface area contributed by atoms with E-state index in [0.717, 1.165) is 11.6 Å². The molecule has 2 N–H and O–H groups in total. The van der Waals surface area contributed by atoms with Crippen LogP contribution in [0.25, 0.3) is 6.08 Å². The van der Waals surface area contributed by atoms with Gasteiger partial charge in [-0.25, -0.2) is 4.79 Å². The summed E-state index contributed by atoms with van der Waals surface area (Å²) in [5.41, 5.74) is 0.742. The molecule has 19 heavy (non-hydrogen) atoms. The molecular formula is C14H15NO4. The lowest BCUT2D eigenvalue weighted by atomic mass is 10.2. The lowest BCUT2D eigenvalue weighted by Gasteiger charge is -2.06. The molecule has 100 valence electrons. The largest absolute Gasteiger partial charge is 0.484 e. The fourth-order valence-electron chi connectivity index (χ4n) is 1.23. The second-order valence-corrected chi connectivity index (χ2v) is 3.62. The fourth-order valence-corrected chi connectivity index (χ4v) is 1.23. The van der Waals surface area contributed by atoms with E-state index in [1.54, 1.807) is 30.3 Å². The van der Waals surface area contributed by atoms with Gasteiger partial charge in [-0.2, -0.15) is 0 Å². The van der Waals surface area contributed by atoms with E-state index in [4.69, 9.17) is 9.84 Å². The van der Waals surface area contributed by atoms with Gasteiger partial charge in [0.15, 0.2) is 6.61 Å². The highest BCUT2D eigenvalue weighted by Crippen LogP contribution is 2.13. The standard InChI is InChI=1S/C14H15NO4/c1-2-9-15-13(16)10-19-12-6-3-11(4-7-12)5-8-14(17)18/h2-8H,1,9-10H2,(H,15,16)(H,17,18)/b8-5+. The van der Waals surface area contributed by atoms with E-state index in [9.17, 15) is 9.59 Å². The molecule has 0 bridgehead atoms. The molecule has 0 aliphatic heterocycles. The molecule has 0 fully saturated rings. The summed E-state index contributed by atoms with van der Waals surface area (Å²) in [5, 5.41) is 11.1. The van der Waals surface area contributed by atoms with Gasteiger partial charge in [0.05, 0.1) is 0 Å². The topological polar surface area (TPSA) is 75.6 Å². The van der Waals surface area contributed by atoms with Crippen molar-refractivity contribution in [3.8, 4) is 5.75 Å². The van der Waals surface area contributed by atoms with Crippen LogP contribution in [0, 0.1) is 0 Å². The molecule has 0 radical (unpaired) electrons. The third-order valence-electron chi connectivity index (χ3n) is 2.11. The Hall–Kier alpha value is -2.56. The Morgan fingerprint density at radius 2 is 2.00 bits per heavy atom. The first-order valence-corrected chi connectivity index (χ1v) is 5.63. The van der Waals surface area contributed by atoms with Gasteiger partial charge in [0.1, 0.15) is 5.75 Å². The highest BCUT2D eigenvalue weighted by atomic mass is 16.5. The van der Waals surface area contributed by atoms with Gasteiger partial charge >= 0.3 is 5.97 Å². The molecule has 0 aliphatic carbocycles. The van der Waals surface area contributed by atoms with Crippen LogP contribution >= 0.6 is 0 Å². The van der Waals surface area contributed by atoms with E-state index in [-0.39, 0.29) is 12.5 Å². The number of hydrogen-bond donors (Lipinski definition) is 2. The van der Waals surface area contributed by atoms with Crippen LogP contribution in [-0.4, -0.2) is 30.1 Å². The van der Waals surface area contributed by atoms with Crippen molar-refractivity contribution in [3.63, 3.8) is 0 Å². The summed E-state index contributed by atoms with van der Waals surface area (Å²) in [6, 6.07) is 6.75. The molecule has 1 amide bonds. The molecule has 0 aromatic heterocycles. The van der Waals surface area contributed by atoms with Gasteiger partial charge in [0, 0.05) is 12.6 Å². The van der Waals surface area contributed by atoms with Gasteiger partial charge in [-0.05, 0) is 23.8 Å². The predicted octanol–water partition coefficient (Wildman–Crippen LogP) is 1.47. The zero-order valence-electron chi connectivity index (χ0n) is 10.3. The maximum absolute atomic E-state index is 11.3. The summed E-state index contributed by atoms with van der Waals surface area (Å²) in [6.45, 7) is 3.82. The van der Waals surface area contributed by atoms with Gasteiger partial charge in [0.25, 0.3) is 5.91 Å². The third kappa shape index (κ3) is 6.07. The van der Waals surface area contributed by atoms with Crippen molar-refractivity contribution < 1.29 is 19.4 Å². The zero-order valence-corrected chi connectivity index (χ0v) is 10.3. The Labute approximate surface area is 111 Å². The van der Waals surface area contributed by atoms with Crippen LogP contribution in [0.4, 0.5) is 0 Å². The molecule has 0 saturated carbocycles. The third-order valence-corrected chi connectivity index (χ3v) is 2.11. The van der Waals surface area contributed by atoms with Gasteiger partial charge < -0.3 is 15.2 Å². The smallest absolute Gasteiger partial charge is 0.328 e. The van der Waals surface area contributed by atoms with Crippen LogP contribution in [0.2, 0.25) is 0 Å². The first-order valence-electron chi connectivity index (χ1n) is 5.63. The Kier molecular flexibility index (Phi) is 5.88. The van der Waals surface area contributed by atoms with Crippen molar-refractivity contribution in [2.24, 2.45) is 0 Å². The van der Waals surface area contributed by atoms with Crippen molar-refractivity contribution >= 4 is 18.0 Å². The molecule has 0 unspecified atom stereocenters. The monoisotopic (exact) mass is 261 g/mol. The molecule has 0 heterocycles. The van der Waals surface area contributed by atoms with E-state index in [0.29, 0.717) is 12.3 Å². The number of ether oxygens (including phenoxy) is 1. The van der Waals surface area contributed by atoms with Gasteiger partial charge in [-0.3, -0.25) is 4.79 Å². The second-order valence-electron chi connectivity index (χ2n) is 3.62. The maximum Gasteiger partial charge on any atom is 0.328 e. The summed E-state index contributed by atoms with van der Waals surface area (Å²) in [7, 11) is 0. The first-order chi connectivity index (χ1) is 9.11. The highest BCUT2D eigenvalue weighted by molar-refractivity contribution is 5.85. The van der Waals surface area contributed by atoms with Gasteiger partial charge in [0.2, 0.25) is 0 Å². The minimum atomic E-state index is -1.00. The second kappa shape index (κ2) is 7.71. The number of amides is 1. The molecule has 0 atom stereocenters. The first kappa shape index (κ1) is 14.5. The van der Waals surface area contributed by atoms with Crippen LogP contribution in [0.3, 0.4) is 0 Å². The fraction of sp³-hybridized carbons (Fsp3) is 0.143. The van der Waals surface area contributed by atoms with E-state index in [1.165, 1.54) is 6.08 Å². The van der Waals surface area contributed by atoms with Gasteiger partial charge in [-0.15, -0.1) is 6.58 Å². The van der Waals surface area contributed by atoms with E-state index >= 15 is 0 Å². The van der Waals surface area contributed by atoms with Crippen molar-refractivity contribution in [1.82, 2.24) is 5.32 Å². The molecule has 5 nitrogen and oxygen atoms in total. The normalized spacial score (nSPS) is 10.1. The minimum Gasteiger partial charge on any atom is -0.484 e. The van der Waals surface area contributed by atoms with E-state index in [2.05, 4.69) is 11.9 Å². The number of carboxylic acids is 1. The quantitative estimate of drug-likeness (QED) is 0.575. The lowest BCUT2D eigenvalue weighted by Crippen LogP contribution is -2.28. The van der Waals surface area contributed by atoms with Crippen molar-refractivity contribution in [2.75, 3.05) is 13.2 Å². The number of benzene rings is 1. The highest BCUT2D eigenvalue weighted by Gasteiger charge is 2.00. The minimum absolute atomic E-state index is 0.0713. The van der Waals surface area contributed by atoms with Crippen LogP contribution in [0.1, 0.15) is 5.56 Å². The summed E-state index contributed by atoms with van der Waals surface area (Å²) in [6.07, 6.45) is 4.11. The summed E-state index contributed by atoms with van der Waals surface area (Å²) in [4.78, 5) is 21.6. The Morgan fingerprint density at radius 3 is 2.58 bits per heavy atom. The Morgan fingerprint density at radius 1 is 1.32 bits per heavy atom. The van der Waals surface area contributed by atoms with Crippen LogP contribution in [-0.2, 0) is 9.59 Å². The summed E-state index contributed by atoms with van der Waals surface area (Å²) < 4.78 is 5.26. The van der Waals surface area contributed by atoms with Crippen molar-refractivity contribution in [2.45, 2.75) is 0 Å². The number of carbonyl (C=O) groups excluding carboxylic acids is 1. The molecular weight excluding hydrogens is 246 g/mol. The number of nitrogens with one attached hydrogen (secondary N) is 1. The maximum atomic E-state index is 11.3. The number of aliphatic carboxylic acids is 1. The van der Waals surface area contributed by atoms with Crippen LogP contribution < -0.4 is 10.1 Å². The summed E-state index contributed by atoms with van der Waals surface area (Å²) in [5.74, 6) is -0.685. The van der Waals surface area contributed by atoms with Crippen molar-refractivity contribution in [1.29, 1.82) is 0 Å². The molecule has 5 heteroatoms. The number of carboxylic acid groups (broad SMARTS) is 1. The number of carbonyl (C=O) groups is 2. The number of hydrogen-bond acceptors (Lipinski definition) is 3.